The quantitative estimate of drug-likeness (QED) is 0.172. The minimum Gasteiger partial charge on any atom is -0.456 e. The fourth-order valence-electron chi connectivity index (χ4n) is 10.2. The summed E-state index contributed by atoms with van der Waals surface area (Å²) >= 11 is 0. The molecule has 0 spiro atoms. The van der Waals surface area contributed by atoms with Crippen LogP contribution in [0.25, 0.3) is 144 Å². The Bertz CT molecular complexity index is 5950. The topological polar surface area (TPSA) is 71.5 Å². The summed E-state index contributed by atoms with van der Waals surface area (Å²) in [5.74, 6) is -2.10. The highest BCUT2D eigenvalue weighted by molar-refractivity contribution is 6.25. The number of furan rings is 1. The van der Waals surface area contributed by atoms with Crippen molar-refractivity contribution in [3.8, 4) is 34.7 Å². The first-order valence-corrected chi connectivity index (χ1v) is 22.0. The van der Waals surface area contributed by atoms with Gasteiger partial charge in [0.05, 0.1) is 99.4 Å². The molecule has 0 aliphatic heterocycles. The second-order valence-corrected chi connectivity index (χ2v) is 16.6. The number of nitrogens with zero attached hydrogens (tertiary/aromatic N) is 7. The second kappa shape index (κ2) is 14.4. The first kappa shape index (κ1) is 22.1. The van der Waals surface area contributed by atoms with Crippen molar-refractivity contribution < 1.29 is 37.3 Å². The van der Waals surface area contributed by atoms with E-state index in [0.717, 1.165) is 9.13 Å². The Hall–Kier alpha value is -9.79. The van der Waals surface area contributed by atoms with Gasteiger partial charge in [0.25, 0.3) is 0 Å². The molecule has 8 nitrogen and oxygen atoms in total. The van der Waals surface area contributed by atoms with Crippen LogP contribution in [0.5, 0.6) is 0 Å². The van der Waals surface area contributed by atoms with Crippen molar-refractivity contribution in [3.05, 3.63) is 224 Å². The van der Waals surface area contributed by atoms with Gasteiger partial charge >= 0.3 is 0 Å². The second-order valence-electron chi connectivity index (χ2n) is 16.6. The standard InChI is InChI=1S/C63H37N7O/c1-9-26-47-38(18-1)39-19-2-10-27-48(39)67(47)54-33-17-34-55(68-49-28-11-7-24-44(49)45-36-37-57-58(60(45)68)46-25-8-16-35-56(46)71-57)59(54)61-64-62(69-50-29-12-3-20-40(50)41-21-4-13-30-51(41)69)66-63(65-61)70-52-31-14-5-22-42(52)43-23-6-15-32-53(43)70/h1-37H/i1D,2D,3D,4D,5D,6D,9D,10D,12D,13D,14D,15D,18D,19D,20D,21D,22D,23D,26D,27D,29D,30D,31D,32D. The molecule has 0 fully saturated rings. The van der Waals surface area contributed by atoms with Gasteiger partial charge in [-0.25, -0.2) is 0 Å². The third-order valence-corrected chi connectivity index (χ3v) is 13.0. The summed E-state index contributed by atoms with van der Waals surface area (Å²) in [5.41, 5.74) is -1.31. The van der Waals surface area contributed by atoms with E-state index in [4.69, 9.17) is 35.8 Å². The Morgan fingerprint density at radius 1 is 0.324 bits per heavy atom. The lowest BCUT2D eigenvalue weighted by Crippen LogP contribution is -2.12. The fourth-order valence-corrected chi connectivity index (χ4v) is 10.2. The monoisotopic (exact) mass is 931 g/mol. The van der Waals surface area contributed by atoms with Crippen LogP contribution in [0, 0.1) is 0 Å². The Morgan fingerprint density at radius 2 is 0.761 bits per heavy atom. The molecule has 0 aliphatic rings. The van der Waals surface area contributed by atoms with Gasteiger partial charge in [-0.15, -0.1) is 0 Å². The van der Waals surface area contributed by atoms with Crippen molar-refractivity contribution in [3.63, 3.8) is 0 Å². The van der Waals surface area contributed by atoms with Crippen LogP contribution in [0.3, 0.4) is 0 Å². The highest BCUT2D eigenvalue weighted by Gasteiger charge is 2.28. The number of hydrogen-bond acceptors (Lipinski definition) is 4. The lowest BCUT2D eigenvalue weighted by molar-refractivity contribution is 0.669. The molecule has 0 bridgehead atoms. The van der Waals surface area contributed by atoms with Crippen LogP contribution in [-0.4, -0.2) is 33.2 Å². The van der Waals surface area contributed by atoms with Gasteiger partial charge in [-0.1, -0.05) is 151 Å². The predicted octanol–water partition coefficient (Wildman–Crippen LogP) is 15.8. The maximum absolute atomic E-state index is 9.73. The molecule has 71 heavy (non-hydrogen) atoms. The van der Waals surface area contributed by atoms with Crippen molar-refractivity contribution >= 4 is 109 Å². The van der Waals surface area contributed by atoms with Crippen LogP contribution in [-0.2, 0) is 0 Å². The number of benzene rings is 10. The van der Waals surface area contributed by atoms with E-state index < -0.39 is 206 Å². The Morgan fingerprint density at radius 3 is 1.28 bits per heavy atom. The van der Waals surface area contributed by atoms with E-state index >= 15 is 0 Å². The molecule has 0 unspecified atom stereocenters. The van der Waals surface area contributed by atoms with E-state index in [1.54, 1.807) is 42.5 Å². The molecule has 0 aliphatic carbocycles. The van der Waals surface area contributed by atoms with Gasteiger partial charge < -0.3 is 13.6 Å². The molecular formula is C63H37N7O. The van der Waals surface area contributed by atoms with E-state index in [2.05, 4.69) is 0 Å². The van der Waals surface area contributed by atoms with Gasteiger partial charge in [-0.05, 0) is 72.7 Å². The van der Waals surface area contributed by atoms with E-state index in [-0.39, 0.29) is 38.7 Å². The SMILES string of the molecule is [2H]c1c([2H])c([2H])c2c(c1[2H])c1c([2H])c([2H])c([2H])c([2H])c1n2-c1nc(-c2c(-n3c4c([2H])c([2H])c([2H])c([2H])c4c4c([2H])c([2H])c([2H])c([2H])c43)cccc2-n2c3ccccc3c3ccc4oc5ccccc5c4c32)nc(-n2c3c([2H])c([2H])c([2H])c([2H])c3c3c([2H])c([2H])c([2H])c([2H])c32)n1. The molecule has 6 aromatic heterocycles. The van der Waals surface area contributed by atoms with Gasteiger partial charge in [0, 0.05) is 48.5 Å². The zero-order valence-corrected chi connectivity index (χ0v) is 36.0. The average molecular weight is 932 g/mol. The summed E-state index contributed by atoms with van der Waals surface area (Å²) < 4.78 is 234. The van der Waals surface area contributed by atoms with Gasteiger partial charge in [0.15, 0.2) is 5.82 Å². The van der Waals surface area contributed by atoms with Crippen LogP contribution < -0.4 is 0 Å². The number of hydrogen-bond donors (Lipinski definition) is 0. The normalized spacial score (nSPS) is 17.0. The third kappa shape index (κ3) is 5.25. The van der Waals surface area contributed by atoms with E-state index in [0.29, 0.717) is 43.7 Å². The molecule has 6 heterocycles. The third-order valence-electron chi connectivity index (χ3n) is 13.0. The molecule has 10 aromatic carbocycles. The van der Waals surface area contributed by atoms with Crippen LogP contribution in [0.2, 0.25) is 0 Å². The highest BCUT2D eigenvalue weighted by atomic mass is 16.3. The molecule has 0 atom stereocenters. The molecule has 8 heteroatoms. The maximum atomic E-state index is 9.73. The fraction of sp³-hybridized carbons (Fsp3) is 0. The lowest BCUT2D eigenvalue weighted by atomic mass is 10.1. The van der Waals surface area contributed by atoms with E-state index in [1.165, 1.54) is 10.6 Å². The van der Waals surface area contributed by atoms with Crippen molar-refractivity contribution in [2.24, 2.45) is 0 Å². The van der Waals surface area contributed by atoms with Crippen molar-refractivity contribution in [2.45, 2.75) is 0 Å². The van der Waals surface area contributed by atoms with Crippen LogP contribution in [0.15, 0.2) is 228 Å². The minimum atomic E-state index is -0.844. The summed E-state index contributed by atoms with van der Waals surface area (Å²) in [7, 11) is 0. The van der Waals surface area contributed by atoms with Crippen LogP contribution in [0.1, 0.15) is 32.9 Å². The zero-order chi connectivity index (χ0) is 67.2. The van der Waals surface area contributed by atoms with Gasteiger partial charge in [0.1, 0.15) is 11.2 Å². The van der Waals surface area contributed by atoms with Gasteiger partial charge in [-0.3, -0.25) is 9.13 Å². The minimum absolute atomic E-state index is 0.0726. The molecule has 16 aromatic rings. The first-order chi connectivity index (χ1) is 45.2. The molecule has 0 saturated heterocycles. The summed E-state index contributed by atoms with van der Waals surface area (Å²) in [5, 5.41) is 0.126. The van der Waals surface area contributed by atoms with Crippen molar-refractivity contribution in [2.75, 3.05) is 0 Å². The molecular weight excluding hydrogens is 871 g/mol. The van der Waals surface area contributed by atoms with Crippen molar-refractivity contribution in [1.29, 1.82) is 0 Å². The van der Waals surface area contributed by atoms with Crippen LogP contribution >= 0.6 is 0 Å². The van der Waals surface area contributed by atoms with Crippen LogP contribution in [0.4, 0.5) is 0 Å². The smallest absolute Gasteiger partial charge is 0.240 e. The number of fused-ring (bicyclic) bond motifs is 16. The number of para-hydroxylation sites is 8. The summed E-state index contributed by atoms with van der Waals surface area (Å²) in [6.07, 6.45) is 0. The molecule has 16 rings (SSSR count). The predicted molar refractivity (Wildman–Crippen MR) is 290 cm³/mol. The number of aromatic nitrogens is 7. The van der Waals surface area contributed by atoms with E-state index in [1.807, 2.05) is 34.9 Å². The number of rotatable bonds is 5. The molecule has 0 amide bonds. The van der Waals surface area contributed by atoms with E-state index in [9.17, 15) is 16.4 Å². The maximum Gasteiger partial charge on any atom is 0.240 e. The van der Waals surface area contributed by atoms with Gasteiger partial charge in [-0.2, -0.15) is 15.0 Å². The Balaban J connectivity index is 1.22. The Labute approximate surface area is 437 Å². The van der Waals surface area contributed by atoms with Crippen molar-refractivity contribution in [1.82, 2.24) is 33.2 Å². The highest BCUT2D eigenvalue weighted by Crippen LogP contribution is 2.45. The molecule has 0 saturated carbocycles. The Kier molecular flexibility index (Phi) is 4.47. The van der Waals surface area contributed by atoms with Gasteiger partial charge in [0.2, 0.25) is 11.9 Å². The molecule has 330 valence electrons. The molecule has 0 radical (unpaired) electrons. The summed E-state index contributed by atoms with van der Waals surface area (Å²) in [6, 6.07) is 4.08. The molecule has 0 N–H and O–H groups in total. The zero-order valence-electron chi connectivity index (χ0n) is 60.0. The first-order valence-electron chi connectivity index (χ1n) is 34.0. The summed E-state index contributed by atoms with van der Waals surface area (Å²) in [6.45, 7) is 0. The lowest BCUT2D eigenvalue weighted by Gasteiger charge is -2.20. The summed E-state index contributed by atoms with van der Waals surface area (Å²) in [4.78, 5) is 15.3. The average Bonchev–Trinajstić information content (AvgIpc) is 1.56. The largest absolute Gasteiger partial charge is 0.456 e.